The van der Waals surface area contributed by atoms with E-state index in [2.05, 4.69) is 43.3 Å². The maximum absolute atomic E-state index is 13.2. The molecule has 2 amide bonds. The first kappa shape index (κ1) is 22.6. The maximum Gasteiger partial charge on any atom is 0.320 e. The second-order valence-electron chi connectivity index (χ2n) is 8.86. The van der Waals surface area contributed by atoms with Gasteiger partial charge in [0.05, 0.1) is 12.0 Å². The number of amides is 2. The van der Waals surface area contributed by atoms with Gasteiger partial charge in [-0.2, -0.15) is 0 Å². The van der Waals surface area contributed by atoms with Crippen molar-refractivity contribution < 1.29 is 19.4 Å². The number of rotatable bonds is 9. The van der Waals surface area contributed by atoms with E-state index in [0.29, 0.717) is 19.7 Å². The molecule has 0 bridgehead atoms. The predicted octanol–water partition coefficient (Wildman–Crippen LogP) is 3.01. The number of carboxylic acid groups (broad SMARTS) is 1. The number of nitrogens with zero attached hydrogens (tertiary/aromatic N) is 3. The zero-order valence-electron chi connectivity index (χ0n) is 18.5. The highest BCUT2D eigenvalue weighted by atomic mass is 16.5. The van der Waals surface area contributed by atoms with Crippen molar-refractivity contribution in [3.8, 4) is 0 Å². The molecule has 7 nitrogen and oxygen atoms in total. The first-order valence-corrected chi connectivity index (χ1v) is 10.8. The summed E-state index contributed by atoms with van der Waals surface area (Å²) in [6.45, 7) is 2.15. The van der Waals surface area contributed by atoms with E-state index in [0.717, 1.165) is 32.1 Å². The van der Waals surface area contributed by atoms with E-state index in [1.165, 1.54) is 5.56 Å². The molecular weight excluding hydrogens is 382 g/mol. The van der Waals surface area contributed by atoms with E-state index in [1.807, 2.05) is 11.0 Å². The van der Waals surface area contributed by atoms with Gasteiger partial charge in [-0.15, -0.1) is 0 Å². The van der Waals surface area contributed by atoms with Crippen molar-refractivity contribution in [2.75, 3.05) is 47.4 Å². The van der Waals surface area contributed by atoms with Crippen LogP contribution in [0.25, 0.3) is 0 Å². The number of carbonyl (C=O) groups is 2. The first-order chi connectivity index (χ1) is 14.3. The Morgan fingerprint density at radius 2 is 1.80 bits per heavy atom. The van der Waals surface area contributed by atoms with Crippen LogP contribution < -0.4 is 0 Å². The summed E-state index contributed by atoms with van der Waals surface area (Å²) in [5.41, 5.74) is 1.06. The van der Waals surface area contributed by atoms with E-state index in [-0.39, 0.29) is 30.1 Å². The minimum absolute atomic E-state index is 0.0145. The lowest BCUT2D eigenvalue weighted by molar-refractivity contribution is -0.137. The van der Waals surface area contributed by atoms with Gasteiger partial charge in [0.25, 0.3) is 0 Å². The number of benzene rings is 1. The van der Waals surface area contributed by atoms with Crippen LogP contribution in [-0.4, -0.2) is 84.8 Å². The molecule has 1 heterocycles. The highest BCUT2D eigenvalue weighted by Gasteiger charge is 2.54. The van der Waals surface area contributed by atoms with Crippen LogP contribution in [0.15, 0.2) is 30.3 Å². The van der Waals surface area contributed by atoms with Crippen molar-refractivity contribution in [2.24, 2.45) is 0 Å². The third kappa shape index (κ3) is 4.32. The summed E-state index contributed by atoms with van der Waals surface area (Å²) in [5.74, 6) is -0.867. The minimum Gasteiger partial charge on any atom is -0.481 e. The van der Waals surface area contributed by atoms with Crippen LogP contribution in [-0.2, 0) is 15.1 Å². The van der Waals surface area contributed by atoms with E-state index in [4.69, 9.17) is 9.84 Å². The van der Waals surface area contributed by atoms with Gasteiger partial charge in [0.2, 0.25) is 0 Å². The van der Waals surface area contributed by atoms with Gasteiger partial charge in [-0.05, 0) is 51.8 Å². The number of urea groups is 1. The Balaban J connectivity index is 1.82. The Morgan fingerprint density at radius 1 is 1.13 bits per heavy atom. The number of carboxylic acids is 1. The molecule has 3 rings (SSSR count). The van der Waals surface area contributed by atoms with Crippen molar-refractivity contribution in [3.63, 3.8) is 0 Å². The van der Waals surface area contributed by atoms with E-state index in [9.17, 15) is 9.59 Å². The van der Waals surface area contributed by atoms with Gasteiger partial charge < -0.3 is 19.6 Å². The van der Waals surface area contributed by atoms with Crippen LogP contribution in [0.4, 0.5) is 4.79 Å². The summed E-state index contributed by atoms with van der Waals surface area (Å²) in [6.07, 6.45) is 4.51. The monoisotopic (exact) mass is 417 g/mol. The molecule has 30 heavy (non-hydrogen) atoms. The summed E-state index contributed by atoms with van der Waals surface area (Å²) in [4.78, 5) is 30.3. The third-order valence-corrected chi connectivity index (χ3v) is 7.06. The smallest absolute Gasteiger partial charge is 0.320 e. The number of hydrogen-bond acceptors (Lipinski definition) is 4. The molecule has 2 aliphatic rings. The average molecular weight is 418 g/mol. The Bertz CT molecular complexity index is 729. The molecule has 166 valence electrons. The number of aliphatic carboxylic acids is 1. The summed E-state index contributed by atoms with van der Waals surface area (Å²) in [5, 5.41) is 9.08. The van der Waals surface area contributed by atoms with Gasteiger partial charge in [-0.3, -0.25) is 9.69 Å². The lowest BCUT2D eigenvalue weighted by Crippen LogP contribution is -2.55. The molecule has 1 saturated heterocycles. The Morgan fingerprint density at radius 3 is 2.37 bits per heavy atom. The van der Waals surface area contributed by atoms with Crippen molar-refractivity contribution >= 4 is 12.0 Å². The van der Waals surface area contributed by atoms with Crippen LogP contribution in [0.3, 0.4) is 0 Å². The summed E-state index contributed by atoms with van der Waals surface area (Å²) < 4.78 is 5.20. The third-order valence-electron chi connectivity index (χ3n) is 7.06. The standard InChI is InChI=1S/C23H35N3O4/c1-24(2)23(19-8-5-4-6-9-19)13-11-22(12-14-23)18-25(16-10-20(27)28)21(29)26(22)15-7-17-30-3/h4-6,8-9H,7,10-18H2,1-3H3,(H,27,28)/t22-,23-. The number of carbonyl (C=O) groups excluding carboxylic acids is 1. The molecule has 0 atom stereocenters. The van der Waals surface area contributed by atoms with Crippen molar-refractivity contribution in [2.45, 2.75) is 49.6 Å². The van der Waals surface area contributed by atoms with Gasteiger partial charge >= 0.3 is 12.0 Å². The SMILES string of the molecule is COCCCN1C(=O)N(CCC(=O)O)C[C@]12CC[C@@](c1ccccc1)(N(C)C)CC2. The van der Waals surface area contributed by atoms with Gasteiger partial charge in [-0.1, -0.05) is 30.3 Å². The molecule has 1 aromatic carbocycles. The summed E-state index contributed by atoms with van der Waals surface area (Å²) in [7, 11) is 5.95. The fraction of sp³-hybridized carbons (Fsp3) is 0.652. The Labute approximate surface area is 179 Å². The van der Waals surface area contributed by atoms with Crippen molar-refractivity contribution in [1.82, 2.24) is 14.7 Å². The van der Waals surface area contributed by atoms with Crippen LogP contribution in [0.2, 0.25) is 0 Å². The van der Waals surface area contributed by atoms with Crippen molar-refractivity contribution in [1.29, 1.82) is 0 Å². The molecule has 1 saturated carbocycles. The lowest BCUT2D eigenvalue weighted by atomic mass is 9.68. The van der Waals surface area contributed by atoms with Gasteiger partial charge in [0.1, 0.15) is 0 Å². The number of ether oxygens (including phenoxy) is 1. The highest BCUT2D eigenvalue weighted by molar-refractivity contribution is 5.79. The topological polar surface area (TPSA) is 73.3 Å². The molecule has 1 aliphatic heterocycles. The van der Waals surface area contributed by atoms with Gasteiger partial charge in [-0.25, -0.2) is 4.79 Å². The second kappa shape index (κ2) is 9.35. The average Bonchev–Trinajstić information content (AvgIpc) is 2.99. The highest BCUT2D eigenvalue weighted by Crippen LogP contribution is 2.48. The molecule has 0 unspecified atom stereocenters. The van der Waals surface area contributed by atoms with Crippen LogP contribution in [0, 0.1) is 0 Å². The van der Waals surface area contributed by atoms with Crippen LogP contribution in [0.1, 0.15) is 44.1 Å². The Hall–Kier alpha value is -2.12. The second-order valence-corrected chi connectivity index (χ2v) is 8.86. The molecule has 7 heteroatoms. The number of hydrogen-bond donors (Lipinski definition) is 1. The lowest BCUT2D eigenvalue weighted by Gasteiger charge is -2.51. The Kier molecular flexibility index (Phi) is 7.03. The number of methoxy groups -OCH3 is 1. The van der Waals surface area contributed by atoms with Gasteiger partial charge in [0.15, 0.2) is 0 Å². The largest absolute Gasteiger partial charge is 0.481 e. The van der Waals surface area contributed by atoms with Crippen LogP contribution >= 0.6 is 0 Å². The van der Waals surface area contributed by atoms with E-state index in [1.54, 1.807) is 12.0 Å². The summed E-state index contributed by atoms with van der Waals surface area (Å²) in [6, 6.07) is 10.6. The quantitative estimate of drug-likeness (QED) is 0.626. The molecule has 0 aromatic heterocycles. The molecule has 1 N–H and O–H groups in total. The normalized spacial score (nSPS) is 26.7. The first-order valence-electron chi connectivity index (χ1n) is 10.8. The molecule has 1 aliphatic carbocycles. The zero-order chi connectivity index (χ0) is 21.8. The molecule has 2 fully saturated rings. The fourth-order valence-corrected chi connectivity index (χ4v) is 5.29. The van der Waals surface area contributed by atoms with Gasteiger partial charge in [0, 0.05) is 38.9 Å². The maximum atomic E-state index is 13.2. The van der Waals surface area contributed by atoms with E-state index >= 15 is 0 Å². The van der Waals surface area contributed by atoms with Crippen molar-refractivity contribution in [3.05, 3.63) is 35.9 Å². The molecular formula is C23H35N3O4. The van der Waals surface area contributed by atoms with E-state index < -0.39 is 5.97 Å². The van der Waals surface area contributed by atoms with Crippen LogP contribution in [0.5, 0.6) is 0 Å². The molecule has 1 spiro atoms. The predicted molar refractivity (Wildman–Crippen MR) is 115 cm³/mol. The minimum atomic E-state index is -0.867. The fourth-order valence-electron chi connectivity index (χ4n) is 5.29. The molecule has 1 aromatic rings. The molecule has 0 radical (unpaired) electrons. The zero-order valence-corrected chi connectivity index (χ0v) is 18.5. The summed E-state index contributed by atoms with van der Waals surface area (Å²) >= 11 is 0.